The average Bonchev–Trinajstić information content (AvgIpc) is 2.46. The summed E-state index contributed by atoms with van der Waals surface area (Å²) >= 11 is 0. The van der Waals surface area contributed by atoms with Crippen molar-refractivity contribution < 1.29 is 10.2 Å². The average molecular weight is 328 g/mol. The fraction of sp³-hybridized carbons (Fsp3) is 0.455. The number of rotatable bonds is 3. The predicted octanol–water partition coefficient (Wildman–Crippen LogP) is 6.46. The van der Waals surface area contributed by atoms with Crippen LogP contribution < -0.4 is 0 Å². The Bertz CT molecular complexity index is 629. The Morgan fingerprint density at radius 3 is 1.50 bits per heavy atom. The maximum absolute atomic E-state index is 9.93. The molecular weight excluding hydrogens is 296 g/mol. The van der Waals surface area contributed by atoms with Crippen molar-refractivity contribution in [3.8, 4) is 11.5 Å². The molecule has 0 saturated heterocycles. The van der Waals surface area contributed by atoms with Crippen molar-refractivity contribution in [3.05, 3.63) is 58.7 Å². The van der Waals surface area contributed by atoms with Crippen LogP contribution >= 0.6 is 0 Å². The first-order valence-corrected chi connectivity index (χ1v) is 8.76. The van der Waals surface area contributed by atoms with E-state index in [1.54, 1.807) is 6.07 Å². The minimum atomic E-state index is 0.388. The van der Waals surface area contributed by atoms with Gasteiger partial charge in [0.25, 0.3) is 0 Å². The summed E-state index contributed by atoms with van der Waals surface area (Å²) in [6, 6.07) is 11.8. The van der Waals surface area contributed by atoms with Crippen LogP contribution in [0.2, 0.25) is 0 Å². The van der Waals surface area contributed by atoms with Crippen molar-refractivity contribution in [2.75, 3.05) is 0 Å². The van der Waals surface area contributed by atoms with E-state index in [1.165, 1.54) is 0 Å². The molecule has 24 heavy (non-hydrogen) atoms. The van der Waals surface area contributed by atoms with E-state index in [2.05, 4.69) is 41.5 Å². The summed E-state index contributed by atoms with van der Waals surface area (Å²) in [5.74, 6) is 2.07. The van der Waals surface area contributed by atoms with Crippen LogP contribution in [0.4, 0.5) is 0 Å². The topological polar surface area (TPSA) is 40.5 Å². The van der Waals surface area contributed by atoms with E-state index < -0.39 is 0 Å². The summed E-state index contributed by atoms with van der Waals surface area (Å²) in [5.41, 5.74) is 4.22. The van der Waals surface area contributed by atoms with Crippen LogP contribution in [0, 0.1) is 6.92 Å². The molecule has 0 fully saturated rings. The molecule has 0 aliphatic heterocycles. The minimum absolute atomic E-state index is 0.388. The normalized spacial score (nSPS) is 10.9. The standard InChI is InChI=1S/C12H18O.C10H14O/c1-8(2)10-6-5-7-11(9(3)4)12(10)13;1-7(2)9-5-4-8(3)6-10(9)11/h5-9,13H,1-4H3;4-7,11H,1-3H3. The lowest BCUT2D eigenvalue weighted by Gasteiger charge is -2.14. The van der Waals surface area contributed by atoms with Crippen molar-refractivity contribution in [3.63, 3.8) is 0 Å². The maximum Gasteiger partial charge on any atom is 0.122 e. The van der Waals surface area contributed by atoms with Gasteiger partial charge in [0.2, 0.25) is 0 Å². The first-order valence-electron chi connectivity index (χ1n) is 8.76. The number of aromatic hydroxyl groups is 2. The van der Waals surface area contributed by atoms with Crippen molar-refractivity contribution in [2.45, 2.75) is 66.2 Å². The number of hydrogen-bond donors (Lipinski definition) is 2. The van der Waals surface area contributed by atoms with E-state index in [-0.39, 0.29) is 0 Å². The van der Waals surface area contributed by atoms with Gasteiger partial charge >= 0.3 is 0 Å². The molecule has 0 aromatic heterocycles. The molecule has 2 N–H and O–H groups in total. The second kappa shape index (κ2) is 8.77. The van der Waals surface area contributed by atoms with Crippen LogP contribution in [0.1, 0.15) is 81.5 Å². The highest BCUT2D eigenvalue weighted by Crippen LogP contribution is 2.32. The van der Waals surface area contributed by atoms with Gasteiger partial charge in [0.1, 0.15) is 11.5 Å². The number of para-hydroxylation sites is 1. The number of benzene rings is 2. The first-order chi connectivity index (χ1) is 11.1. The molecule has 2 aromatic rings. The molecule has 2 rings (SSSR count). The maximum atomic E-state index is 9.93. The molecule has 2 aromatic carbocycles. The van der Waals surface area contributed by atoms with E-state index in [4.69, 9.17) is 0 Å². The molecule has 0 amide bonds. The zero-order chi connectivity index (χ0) is 18.4. The highest BCUT2D eigenvalue weighted by molar-refractivity contribution is 5.43. The Kier molecular flexibility index (Phi) is 7.34. The third-order valence-electron chi connectivity index (χ3n) is 4.15. The van der Waals surface area contributed by atoms with Gasteiger partial charge in [-0.15, -0.1) is 0 Å². The fourth-order valence-electron chi connectivity index (χ4n) is 2.65. The van der Waals surface area contributed by atoms with Crippen molar-refractivity contribution in [1.29, 1.82) is 0 Å². The van der Waals surface area contributed by atoms with Gasteiger partial charge in [-0.3, -0.25) is 0 Å². The lowest BCUT2D eigenvalue weighted by atomic mass is 9.94. The predicted molar refractivity (Wildman–Crippen MR) is 103 cm³/mol. The zero-order valence-corrected chi connectivity index (χ0v) is 16.1. The first kappa shape index (κ1) is 20.1. The summed E-state index contributed by atoms with van der Waals surface area (Å²) in [6.07, 6.45) is 0. The van der Waals surface area contributed by atoms with Crippen LogP contribution in [0.15, 0.2) is 36.4 Å². The molecule has 0 aliphatic rings. The molecule has 2 heteroatoms. The van der Waals surface area contributed by atoms with Crippen LogP contribution in [0.5, 0.6) is 11.5 Å². The van der Waals surface area contributed by atoms with Crippen molar-refractivity contribution in [1.82, 2.24) is 0 Å². The van der Waals surface area contributed by atoms with Gasteiger partial charge in [-0.05, 0) is 53.0 Å². The largest absolute Gasteiger partial charge is 0.508 e. The quantitative estimate of drug-likeness (QED) is 0.678. The molecule has 132 valence electrons. The van der Waals surface area contributed by atoms with E-state index in [9.17, 15) is 10.2 Å². The molecule has 0 atom stereocenters. The molecule has 2 nitrogen and oxygen atoms in total. The van der Waals surface area contributed by atoms with E-state index in [0.29, 0.717) is 29.3 Å². The monoisotopic (exact) mass is 328 g/mol. The van der Waals surface area contributed by atoms with Gasteiger partial charge in [0.15, 0.2) is 0 Å². The lowest BCUT2D eigenvalue weighted by molar-refractivity contribution is 0.454. The smallest absolute Gasteiger partial charge is 0.122 e. The Morgan fingerprint density at radius 2 is 1.12 bits per heavy atom. The summed E-state index contributed by atoms with van der Waals surface area (Å²) in [6.45, 7) is 14.5. The van der Waals surface area contributed by atoms with Crippen molar-refractivity contribution in [2.24, 2.45) is 0 Å². The van der Waals surface area contributed by atoms with Crippen LogP contribution in [0.25, 0.3) is 0 Å². The minimum Gasteiger partial charge on any atom is -0.508 e. The van der Waals surface area contributed by atoms with Crippen LogP contribution in [0.3, 0.4) is 0 Å². The Hall–Kier alpha value is -1.96. The van der Waals surface area contributed by atoms with Gasteiger partial charge in [-0.1, -0.05) is 71.9 Å². The molecule has 0 aliphatic carbocycles. The highest BCUT2D eigenvalue weighted by atomic mass is 16.3. The van der Waals surface area contributed by atoms with Gasteiger partial charge in [0, 0.05) is 0 Å². The third-order valence-corrected chi connectivity index (χ3v) is 4.15. The summed E-state index contributed by atoms with van der Waals surface area (Å²) in [5, 5.41) is 19.4. The van der Waals surface area contributed by atoms with E-state index in [1.807, 2.05) is 37.3 Å². The SMILES string of the molecule is CC(C)c1cccc(C(C)C)c1O.Cc1ccc(C(C)C)c(O)c1. The van der Waals surface area contributed by atoms with Gasteiger partial charge < -0.3 is 10.2 Å². The van der Waals surface area contributed by atoms with Crippen LogP contribution in [-0.2, 0) is 0 Å². The Balaban J connectivity index is 0.000000243. The van der Waals surface area contributed by atoms with E-state index >= 15 is 0 Å². The molecule has 0 unspecified atom stereocenters. The molecule has 0 bridgehead atoms. The van der Waals surface area contributed by atoms with Gasteiger partial charge in [0.05, 0.1) is 0 Å². The summed E-state index contributed by atoms with van der Waals surface area (Å²) < 4.78 is 0. The second-order valence-corrected chi connectivity index (χ2v) is 7.31. The number of hydrogen-bond acceptors (Lipinski definition) is 2. The fourth-order valence-corrected chi connectivity index (χ4v) is 2.65. The van der Waals surface area contributed by atoms with Crippen LogP contribution in [-0.4, -0.2) is 10.2 Å². The van der Waals surface area contributed by atoms with Gasteiger partial charge in [-0.25, -0.2) is 0 Å². The van der Waals surface area contributed by atoms with E-state index in [0.717, 1.165) is 22.3 Å². The van der Waals surface area contributed by atoms with Crippen molar-refractivity contribution >= 4 is 0 Å². The molecule has 0 spiro atoms. The molecule has 0 saturated carbocycles. The highest BCUT2D eigenvalue weighted by Gasteiger charge is 2.11. The summed E-state index contributed by atoms with van der Waals surface area (Å²) in [4.78, 5) is 0. The number of phenolic OH excluding ortho intramolecular Hbond substituents is 2. The molecule has 0 heterocycles. The zero-order valence-electron chi connectivity index (χ0n) is 16.1. The third kappa shape index (κ3) is 5.30. The molecule has 0 radical (unpaired) electrons. The summed E-state index contributed by atoms with van der Waals surface area (Å²) in [7, 11) is 0. The second-order valence-electron chi connectivity index (χ2n) is 7.31. The molecular formula is C22H32O2. The Morgan fingerprint density at radius 1 is 0.667 bits per heavy atom. The van der Waals surface area contributed by atoms with Gasteiger partial charge in [-0.2, -0.15) is 0 Å². The number of aryl methyl sites for hydroxylation is 1. The number of phenols is 2. The Labute approximate surface area is 147 Å². The lowest BCUT2D eigenvalue weighted by Crippen LogP contribution is -1.94.